The average molecular weight is 305 g/mol. The first-order chi connectivity index (χ1) is 10.1. The molecule has 0 spiro atoms. The van der Waals surface area contributed by atoms with Crippen LogP contribution in [0.3, 0.4) is 0 Å². The molecule has 2 aromatic rings. The molecule has 1 amide bonds. The van der Waals surface area contributed by atoms with Gasteiger partial charge >= 0.3 is 0 Å². The van der Waals surface area contributed by atoms with Gasteiger partial charge in [-0.2, -0.15) is 0 Å². The van der Waals surface area contributed by atoms with Crippen molar-refractivity contribution in [2.24, 2.45) is 0 Å². The van der Waals surface area contributed by atoms with Gasteiger partial charge in [-0.1, -0.05) is 18.2 Å². The van der Waals surface area contributed by atoms with E-state index in [1.54, 1.807) is 6.07 Å². The zero-order valence-electron chi connectivity index (χ0n) is 11.7. The van der Waals surface area contributed by atoms with Crippen LogP contribution in [0.2, 0.25) is 0 Å². The molecule has 0 unspecified atom stereocenters. The molecule has 0 atom stereocenters. The highest BCUT2D eigenvalue weighted by atomic mass is 32.1. The molecule has 1 aromatic carbocycles. The molecular formula is C15H16FN3OS. The number of nitrogens with zero attached hydrogens (tertiary/aromatic N) is 2. The van der Waals surface area contributed by atoms with Gasteiger partial charge in [0.2, 0.25) is 5.91 Å². The number of carbonyl (C=O) groups excluding carboxylic acids is 1. The monoisotopic (exact) mass is 305 g/mol. The first-order valence-corrected chi connectivity index (χ1v) is 7.65. The molecule has 1 aliphatic rings. The molecule has 0 saturated heterocycles. The van der Waals surface area contributed by atoms with E-state index in [0.717, 1.165) is 30.1 Å². The van der Waals surface area contributed by atoms with E-state index in [-0.39, 0.29) is 11.7 Å². The van der Waals surface area contributed by atoms with Crippen LogP contribution in [0, 0.1) is 5.82 Å². The van der Waals surface area contributed by atoms with E-state index in [2.05, 4.69) is 15.2 Å². The van der Waals surface area contributed by atoms with Crippen LogP contribution in [-0.2, 0) is 24.3 Å². The van der Waals surface area contributed by atoms with Gasteiger partial charge in [-0.3, -0.25) is 9.69 Å². The number of hydrogen-bond donors (Lipinski definition) is 1. The molecule has 0 aliphatic carbocycles. The van der Waals surface area contributed by atoms with Crippen molar-refractivity contribution in [1.82, 2.24) is 9.88 Å². The van der Waals surface area contributed by atoms with Gasteiger partial charge in [-0.15, -0.1) is 11.3 Å². The lowest BCUT2D eigenvalue weighted by atomic mass is 10.1. The summed E-state index contributed by atoms with van der Waals surface area (Å²) in [6.07, 6.45) is 0.833. The van der Waals surface area contributed by atoms with Gasteiger partial charge in [0.1, 0.15) is 5.82 Å². The molecule has 1 aliphatic heterocycles. The van der Waals surface area contributed by atoms with Gasteiger partial charge in [0.15, 0.2) is 5.13 Å². The van der Waals surface area contributed by atoms with E-state index in [1.165, 1.54) is 24.3 Å². The molecule has 1 aromatic heterocycles. The number of anilines is 1. The number of amides is 1. The molecule has 0 radical (unpaired) electrons. The Labute approximate surface area is 126 Å². The lowest BCUT2D eigenvalue weighted by Gasteiger charge is -2.25. The zero-order chi connectivity index (χ0) is 14.8. The molecular weight excluding hydrogens is 289 g/mol. The second-order valence-corrected chi connectivity index (χ2v) is 6.21. The Bertz CT molecular complexity index is 671. The third-order valence-corrected chi connectivity index (χ3v) is 4.44. The zero-order valence-corrected chi connectivity index (χ0v) is 12.5. The molecule has 2 heterocycles. The van der Waals surface area contributed by atoms with Crippen molar-refractivity contribution < 1.29 is 9.18 Å². The van der Waals surface area contributed by atoms with E-state index in [4.69, 9.17) is 0 Å². The second-order valence-electron chi connectivity index (χ2n) is 5.12. The van der Waals surface area contributed by atoms with Crippen molar-refractivity contribution in [2.75, 3.05) is 11.9 Å². The van der Waals surface area contributed by atoms with Crippen molar-refractivity contribution in [2.45, 2.75) is 26.4 Å². The van der Waals surface area contributed by atoms with Gasteiger partial charge < -0.3 is 5.32 Å². The highest BCUT2D eigenvalue weighted by Gasteiger charge is 2.21. The summed E-state index contributed by atoms with van der Waals surface area (Å²) in [6.45, 7) is 3.68. The lowest BCUT2D eigenvalue weighted by Crippen LogP contribution is -2.29. The summed E-state index contributed by atoms with van der Waals surface area (Å²) in [5.41, 5.74) is 1.76. The number of carbonyl (C=O) groups is 1. The van der Waals surface area contributed by atoms with Crippen molar-refractivity contribution in [1.29, 1.82) is 0 Å². The summed E-state index contributed by atoms with van der Waals surface area (Å²) in [5, 5.41) is 3.38. The van der Waals surface area contributed by atoms with Crippen molar-refractivity contribution in [3.05, 3.63) is 46.2 Å². The number of fused-ring (bicyclic) bond motifs is 1. The predicted octanol–water partition coefficient (Wildman–Crippen LogP) is 2.80. The summed E-state index contributed by atoms with van der Waals surface area (Å²) in [5.74, 6) is -0.268. The molecule has 21 heavy (non-hydrogen) atoms. The van der Waals surface area contributed by atoms with Crippen LogP contribution < -0.4 is 5.32 Å². The van der Waals surface area contributed by atoms with Crippen LogP contribution in [-0.4, -0.2) is 22.3 Å². The standard InChI is InChI=1S/C15H16FN3OS/c1-10(20)17-15-18-13-6-7-19(9-14(13)21-15)8-11-4-2-3-5-12(11)16/h2-5H,6-9H2,1H3,(H,17,18,20). The number of nitrogens with one attached hydrogen (secondary N) is 1. The maximum atomic E-state index is 13.7. The number of aromatic nitrogens is 1. The van der Waals surface area contributed by atoms with Crippen LogP contribution in [0.25, 0.3) is 0 Å². The summed E-state index contributed by atoms with van der Waals surface area (Å²) < 4.78 is 13.7. The highest BCUT2D eigenvalue weighted by molar-refractivity contribution is 7.15. The normalized spacial score (nSPS) is 14.8. The van der Waals surface area contributed by atoms with Crippen molar-refractivity contribution >= 4 is 22.4 Å². The quantitative estimate of drug-likeness (QED) is 0.948. The third kappa shape index (κ3) is 3.28. The SMILES string of the molecule is CC(=O)Nc1nc2c(s1)CN(Cc1ccccc1F)CC2. The van der Waals surface area contributed by atoms with Gasteiger partial charge in [0, 0.05) is 43.4 Å². The maximum Gasteiger partial charge on any atom is 0.223 e. The van der Waals surface area contributed by atoms with E-state index < -0.39 is 0 Å². The smallest absolute Gasteiger partial charge is 0.223 e. The van der Waals surface area contributed by atoms with Crippen LogP contribution in [0.4, 0.5) is 9.52 Å². The fraction of sp³-hybridized carbons (Fsp3) is 0.333. The van der Waals surface area contributed by atoms with Crippen molar-refractivity contribution in [3.8, 4) is 0 Å². The number of thiazole rings is 1. The number of benzene rings is 1. The Hall–Kier alpha value is -1.79. The van der Waals surface area contributed by atoms with Crippen LogP contribution in [0.5, 0.6) is 0 Å². The predicted molar refractivity (Wildman–Crippen MR) is 80.6 cm³/mol. The number of rotatable bonds is 3. The lowest BCUT2D eigenvalue weighted by molar-refractivity contribution is -0.114. The van der Waals surface area contributed by atoms with Gasteiger partial charge in [-0.25, -0.2) is 9.37 Å². The molecule has 4 nitrogen and oxygen atoms in total. The van der Waals surface area contributed by atoms with Gasteiger partial charge in [-0.05, 0) is 6.07 Å². The molecule has 0 fully saturated rings. The molecule has 0 saturated carbocycles. The van der Waals surface area contributed by atoms with E-state index in [1.807, 2.05) is 12.1 Å². The van der Waals surface area contributed by atoms with Crippen LogP contribution in [0.1, 0.15) is 23.1 Å². The minimum absolute atomic E-state index is 0.107. The van der Waals surface area contributed by atoms with Crippen LogP contribution in [0.15, 0.2) is 24.3 Å². The first-order valence-electron chi connectivity index (χ1n) is 6.84. The Balaban J connectivity index is 1.71. The van der Waals surface area contributed by atoms with E-state index in [0.29, 0.717) is 17.2 Å². The number of hydrogen-bond acceptors (Lipinski definition) is 4. The largest absolute Gasteiger partial charge is 0.302 e. The third-order valence-electron chi connectivity index (χ3n) is 3.45. The Morgan fingerprint density at radius 1 is 1.48 bits per heavy atom. The maximum absolute atomic E-state index is 13.7. The molecule has 3 rings (SSSR count). The van der Waals surface area contributed by atoms with Gasteiger partial charge in [0.25, 0.3) is 0 Å². The summed E-state index contributed by atoms with van der Waals surface area (Å²) in [4.78, 5) is 18.9. The minimum atomic E-state index is -0.161. The Morgan fingerprint density at radius 3 is 3.05 bits per heavy atom. The first kappa shape index (κ1) is 14.2. The van der Waals surface area contributed by atoms with Crippen molar-refractivity contribution in [3.63, 3.8) is 0 Å². The Kier molecular flexibility index (Phi) is 3.98. The molecule has 110 valence electrons. The number of halogens is 1. The topological polar surface area (TPSA) is 45.2 Å². The van der Waals surface area contributed by atoms with E-state index in [9.17, 15) is 9.18 Å². The minimum Gasteiger partial charge on any atom is -0.302 e. The van der Waals surface area contributed by atoms with E-state index >= 15 is 0 Å². The molecule has 1 N–H and O–H groups in total. The van der Waals surface area contributed by atoms with Gasteiger partial charge in [0.05, 0.1) is 5.69 Å². The molecule has 6 heteroatoms. The Morgan fingerprint density at radius 2 is 2.29 bits per heavy atom. The fourth-order valence-corrected chi connectivity index (χ4v) is 3.55. The highest BCUT2D eigenvalue weighted by Crippen LogP contribution is 2.29. The summed E-state index contributed by atoms with van der Waals surface area (Å²) in [7, 11) is 0. The second kappa shape index (κ2) is 5.91. The van der Waals surface area contributed by atoms with Crippen LogP contribution >= 0.6 is 11.3 Å². The molecule has 0 bridgehead atoms. The summed E-state index contributed by atoms with van der Waals surface area (Å²) >= 11 is 1.50. The summed E-state index contributed by atoms with van der Waals surface area (Å²) in [6, 6.07) is 6.87. The average Bonchev–Trinajstić information content (AvgIpc) is 2.82. The fourth-order valence-electron chi connectivity index (χ4n) is 2.45.